The third kappa shape index (κ3) is 4.52. The van der Waals surface area contributed by atoms with E-state index in [1.54, 1.807) is 4.90 Å². The van der Waals surface area contributed by atoms with Gasteiger partial charge in [0.1, 0.15) is 5.75 Å². The molecule has 0 amide bonds. The van der Waals surface area contributed by atoms with Gasteiger partial charge in [-0.05, 0) is 36.3 Å². The molecule has 0 unspecified atom stereocenters. The molecule has 0 saturated carbocycles. The van der Waals surface area contributed by atoms with E-state index in [-0.39, 0.29) is 5.41 Å². The summed E-state index contributed by atoms with van der Waals surface area (Å²) in [5.74, 6) is 1.06. The first-order chi connectivity index (χ1) is 9.57. The topological polar surface area (TPSA) is 13.7 Å². The first-order valence-corrected chi connectivity index (χ1v) is 8.13. The van der Waals surface area contributed by atoms with E-state index >= 15 is 0 Å². The summed E-state index contributed by atoms with van der Waals surface area (Å²) >= 11 is 0. The molecule has 0 aliphatic carbocycles. The Kier molecular flexibility index (Phi) is 5.47. The maximum Gasteiger partial charge on any atom is 0.123 e. The van der Waals surface area contributed by atoms with Crippen LogP contribution >= 0.6 is 0 Å². The Bertz CT molecular complexity index is 402. The molecule has 0 spiro atoms. The molecule has 0 bridgehead atoms. The van der Waals surface area contributed by atoms with Crippen molar-refractivity contribution in [2.45, 2.75) is 51.9 Å². The highest BCUT2D eigenvalue weighted by atomic mass is 16.5. The average Bonchev–Trinajstić information content (AvgIpc) is 2.44. The van der Waals surface area contributed by atoms with E-state index in [2.05, 4.69) is 45.0 Å². The standard InChI is InChI=1S/C18H29NO/c1-18(2,3)16-10-5-6-11-17(16)20-15-9-14-19-12-7-4-8-13-19/h5-6,10-11H,4,7-9,12-15H2,1-3H3/p+1. The van der Waals surface area contributed by atoms with Gasteiger partial charge in [-0.1, -0.05) is 39.0 Å². The first kappa shape index (κ1) is 15.4. The molecule has 1 aromatic rings. The monoisotopic (exact) mass is 276 g/mol. The summed E-state index contributed by atoms with van der Waals surface area (Å²) < 4.78 is 6.04. The lowest BCUT2D eigenvalue weighted by Gasteiger charge is -2.24. The van der Waals surface area contributed by atoms with E-state index in [1.165, 1.54) is 44.5 Å². The van der Waals surface area contributed by atoms with Gasteiger partial charge in [-0.15, -0.1) is 0 Å². The lowest BCUT2D eigenvalue weighted by Crippen LogP contribution is -3.12. The number of ether oxygens (including phenoxy) is 1. The zero-order valence-electron chi connectivity index (χ0n) is 13.4. The number of hydrogen-bond acceptors (Lipinski definition) is 1. The van der Waals surface area contributed by atoms with Crippen LogP contribution in [0.4, 0.5) is 0 Å². The van der Waals surface area contributed by atoms with Gasteiger partial charge >= 0.3 is 0 Å². The van der Waals surface area contributed by atoms with Gasteiger partial charge in [0.2, 0.25) is 0 Å². The Morgan fingerprint density at radius 3 is 2.45 bits per heavy atom. The Labute approximate surface area is 124 Å². The maximum atomic E-state index is 6.04. The van der Waals surface area contributed by atoms with Crippen molar-refractivity contribution in [3.63, 3.8) is 0 Å². The van der Waals surface area contributed by atoms with Crippen molar-refractivity contribution in [2.24, 2.45) is 0 Å². The Morgan fingerprint density at radius 1 is 1.05 bits per heavy atom. The molecule has 1 aliphatic rings. The number of piperidine rings is 1. The number of hydrogen-bond donors (Lipinski definition) is 1. The SMILES string of the molecule is CC(C)(C)c1ccccc1OCCC[NH+]1CCCCC1. The molecule has 1 heterocycles. The third-order valence-electron chi connectivity index (χ3n) is 4.19. The minimum atomic E-state index is 0.148. The van der Waals surface area contributed by atoms with Gasteiger partial charge < -0.3 is 9.64 Å². The normalized spacial score (nSPS) is 17.1. The second kappa shape index (κ2) is 7.12. The predicted molar refractivity (Wildman–Crippen MR) is 84.7 cm³/mol. The Morgan fingerprint density at radius 2 is 1.75 bits per heavy atom. The van der Waals surface area contributed by atoms with Crippen LogP contribution in [-0.2, 0) is 5.41 Å². The van der Waals surface area contributed by atoms with Crippen LogP contribution in [0.5, 0.6) is 5.75 Å². The molecular formula is C18H30NO+. The van der Waals surface area contributed by atoms with Crippen molar-refractivity contribution in [3.8, 4) is 5.75 Å². The number of rotatable bonds is 5. The molecule has 1 N–H and O–H groups in total. The molecule has 0 aromatic heterocycles. The highest BCUT2D eigenvalue weighted by Crippen LogP contribution is 2.30. The van der Waals surface area contributed by atoms with Gasteiger partial charge in [-0.2, -0.15) is 0 Å². The fourth-order valence-electron chi connectivity index (χ4n) is 3.02. The number of nitrogens with one attached hydrogen (secondary N) is 1. The third-order valence-corrected chi connectivity index (χ3v) is 4.19. The van der Waals surface area contributed by atoms with Crippen molar-refractivity contribution < 1.29 is 9.64 Å². The van der Waals surface area contributed by atoms with Gasteiger partial charge in [-0.3, -0.25) is 0 Å². The highest BCUT2D eigenvalue weighted by Gasteiger charge is 2.18. The summed E-state index contributed by atoms with van der Waals surface area (Å²) in [5.41, 5.74) is 1.46. The number of para-hydroxylation sites is 1. The van der Waals surface area contributed by atoms with E-state index < -0.39 is 0 Å². The van der Waals surface area contributed by atoms with Crippen LogP contribution < -0.4 is 9.64 Å². The molecule has 1 aromatic carbocycles. The van der Waals surface area contributed by atoms with Crippen LogP contribution in [0, 0.1) is 0 Å². The molecule has 0 atom stereocenters. The Hall–Kier alpha value is -1.02. The number of quaternary nitrogens is 1. The van der Waals surface area contributed by atoms with Crippen molar-refractivity contribution >= 4 is 0 Å². The smallest absolute Gasteiger partial charge is 0.123 e. The van der Waals surface area contributed by atoms with Crippen LogP contribution in [0.2, 0.25) is 0 Å². The summed E-state index contributed by atoms with van der Waals surface area (Å²) in [6.07, 6.45) is 5.40. The lowest BCUT2D eigenvalue weighted by molar-refractivity contribution is -0.905. The molecule has 112 valence electrons. The van der Waals surface area contributed by atoms with E-state index in [0.29, 0.717) is 0 Å². The summed E-state index contributed by atoms with van der Waals surface area (Å²) in [7, 11) is 0. The summed E-state index contributed by atoms with van der Waals surface area (Å²) in [6, 6.07) is 8.46. The molecule has 1 fully saturated rings. The fourth-order valence-corrected chi connectivity index (χ4v) is 3.02. The summed E-state index contributed by atoms with van der Waals surface area (Å²) in [5, 5.41) is 0. The zero-order valence-corrected chi connectivity index (χ0v) is 13.4. The molecule has 2 heteroatoms. The molecule has 2 nitrogen and oxygen atoms in total. The van der Waals surface area contributed by atoms with E-state index in [4.69, 9.17) is 4.74 Å². The molecule has 1 aliphatic heterocycles. The van der Waals surface area contributed by atoms with Gasteiger partial charge in [0.25, 0.3) is 0 Å². The minimum absolute atomic E-state index is 0.148. The van der Waals surface area contributed by atoms with Gasteiger partial charge in [0, 0.05) is 6.42 Å². The number of benzene rings is 1. The quantitative estimate of drug-likeness (QED) is 0.817. The Balaban J connectivity index is 1.79. The molecule has 0 radical (unpaired) electrons. The number of likely N-dealkylation sites (tertiary alicyclic amines) is 1. The van der Waals surface area contributed by atoms with Gasteiger partial charge in [-0.25, -0.2) is 0 Å². The lowest BCUT2D eigenvalue weighted by atomic mass is 9.86. The second-order valence-electron chi connectivity index (χ2n) is 7.01. The zero-order chi connectivity index (χ0) is 14.4. The fraction of sp³-hybridized carbons (Fsp3) is 0.667. The van der Waals surface area contributed by atoms with Gasteiger partial charge in [0.05, 0.1) is 26.2 Å². The van der Waals surface area contributed by atoms with Crippen LogP contribution in [0.15, 0.2) is 24.3 Å². The van der Waals surface area contributed by atoms with Gasteiger partial charge in [0.15, 0.2) is 0 Å². The predicted octanol–water partition coefficient (Wildman–Crippen LogP) is 2.82. The van der Waals surface area contributed by atoms with Crippen LogP contribution in [-0.4, -0.2) is 26.2 Å². The minimum Gasteiger partial charge on any atom is -0.493 e. The van der Waals surface area contributed by atoms with Crippen molar-refractivity contribution in [1.82, 2.24) is 0 Å². The average molecular weight is 276 g/mol. The largest absolute Gasteiger partial charge is 0.493 e. The molecular weight excluding hydrogens is 246 g/mol. The molecule has 1 saturated heterocycles. The van der Waals surface area contributed by atoms with Crippen molar-refractivity contribution in [2.75, 3.05) is 26.2 Å². The first-order valence-electron chi connectivity index (χ1n) is 8.13. The molecule has 20 heavy (non-hydrogen) atoms. The highest BCUT2D eigenvalue weighted by molar-refractivity contribution is 5.38. The van der Waals surface area contributed by atoms with E-state index in [1.807, 2.05) is 0 Å². The maximum absolute atomic E-state index is 6.04. The van der Waals surface area contributed by atoms with E-state index in [9.17, 15) is 0 Å². The summed E-state index contributed by atoms with van der Waals surface area (Å²) in [4.78, 5) is 1.77. The second-order valence-corrected chi connectivity index (χ2v) is 7.01. The van der Waals surface area contributed by atoms with Crippen LogP contribution in [0.3, 0.4) is 0 Å². The van der Waals surface area contributed by atoms with Crippen molar-refractivity contribution in [3.05, 3.63) is 29.8 Å². The summed E-state index contributed by atoms with van der Waals surface area (Å²) in [6.45, 7) is 11.6. The van der Waals surface area contributed by atoms with Crippen LogP contribution in [0.25, 0.3) is 0 Å². The molecule has 2 rings (SSSR count). The van der Waals surface area contributed by atoms with Crippen LogP contribution in [0.1, 0.15) is 52.0 Å². The van der Waals surface area contributed by atoms with E-state index in [0.717, 1.165) is 18.8 Å². The van der Waals surface area contributed by atoms with Crippen molar-refractivity contribution in [1.29, 1.82) is 0 Å².